The van der Waals surface area contributed by atoms with Crippen LogP contribution in [0.15, 0.2) is 155 Å². The van der Waals surface area contributed by atoms with E-state index in [9.17, 15) is 0 Å². The third-order valence-corrected chi connectivity index (χ3v) is 20.9. The molecule has 8 rings (SSSR count). The molecule has 2 aromatic rings. The van der Waals surface area contributed by atoms with Crippen molar-refractivity contribution in [2.45, 2.75) is 35.7 Å². The van der Waals surface area contributed by atoms with Crippen molar-refractivity contribution in [3.05, 3.63) is 166 Å². The fraction of sp³-hybridized carbons (Fsp3) is 0.326. The van der Waals surface area contributed by atoms with Crippen molar-refractivity contribution in [1.29, 1.82) is 0 Å². The van der Waals surface area contributed by atoms with Crippen LogP contribution in [0.25, 0.3) is 0 Å². The molecule has 0 saturated heterocycles. The van der Waals surface area contributed by atoms with Gasteiger partial charge in [0.2, 0.25) is 0 Å². The van der Waals surface area contributed by atoms with Crippen LogP contribution in [-0.4, -0.2) is 3.21 Å². The first-order chi connectivity index (χ1) is 21.9. The van der Waals surface area contributed by atoms with Crippen LogP contribution >= 0.6 is 24.8 Å². The molecule has 0 aliphatic heterocycles. The monoisotopic (exact) mass is 722 g/mol. The van der Waals surface area contributed by atoms with E-state index in [1.807, 2.05) is 6.49 Å². The van der Waals surface area contributed by atoms with Crippen LogP contribution in [0.2, 0.25) is 3.63 Å². The van der Waals surface area contributed by atoms with Crippen LogP contribution in [0.1, 0.15) is 30.4 Å². The molecule has 0 radical (unpaired) electrons. The second kappa shape index (κ2) is 15.3. The first-order valence-corrected chi connectivity index (χ1v) is 21.0. The van der Waals surface area contributed by atoms with E-state index < -0.39 is 21.3 Å². The predicted molar refractivity (Wildman–Crippen MR) is 197 cm³/mol. The van der Waals surface area contributed by atoms with Gasteiger partial charge >= 0.3 is 274 Å². The minimum Gasteiger partial charge on any atom is -0.147 e. The minimum atomic E-state index is -2.35. The van der Waals surface area contributed by atoms with Crippen LogP contribution in [0.3, 0.4) is 0 Å². The van der Waals surface area contributed by atoms with E-state index in [2.05, 4.69) is 152 Å². The van der Waals surface area contributed by atoms with Gasteiger partial charge < -0.3 is 0 Å². The van der Waals surface area contributed by atoms with E-state index in [1.165, 1.54) is 43.2 Å². The Morgan fingerprint density at radius 1 is 0.522 bits per heavy atom. The summed E-state index contributed by atoms with van der Waals surface area (Å²) in [7, 11) is 0. The van der Waals surface area contributed by atoms with Gasteiger partial charge in [-0.1, -0.05) is 0 Å². The number of hydrogen-bond acceptors (Lipinski definition) is 0. The first kappa shape index (κ1) is 33.6. The quantitative estimate of drug-likeness (QED) is 0.254. The van der Waals surface area contributed by atoms with Gasteiger partial charge in [-0.25, -0.2) is 0 Å². The molecule has 9 atom stereocenters. The summed E-state index contributed by atoms with van der Waals surface area (Å²) in [5, 5.41) is 0. The maximum absolute atomic E-state index is 2.68. The second-order valence-corrected chi connectivity index (χ2v) is 20.8. The van der Waals surface area contributed by atoms with Gasteiger partial charge in [0.1, 0.15) is 0 Å². The fourth-order valence-corrected chi connectivity index (χ4v) is 20.5. The molecule has 6 aliphatic carbocycles. The van der Waals surface area contributed by atoms with E-state index in [-0.39, 0.29) is 24.8 Å². The normalized spacial score (nSPS) is 32.0. The van der Waals surface area contributed by atoms with Crippen molar-refractivity contribution in [1.82, 2.24) is 0 Å². The third kappa shape index (κ3) is 6.42. The molecule has 9 unspecified atom stereocenters. The van der Waals surface area contributed by atoms with Gasteiger partial charge in [-0.15, -0.1) is 24.8 Å². The van der Waals surface area contributed by atoms with Gasteiger partial charge in [-0.05, 0) is 0 Å². The van der Waals surface area contributed by atoms with E-state index in [1.54, 1.807) is 0 Å². The molecular formula is C43H46Cl2Zr. The van der Waals surface area contributed by atoms with E-state index >= 15 is 0 Å². The van der Waals surface area contributed by atoms with Crippen LogP contribution in [0.5, 0.6) is 0 Å². The van der Waals surface area contributed by atoms with E-state index in [4.69, 9.17) is 0 Å². The van der Waals surface area contributed by atoms with Gasteiger partial charge in [0.15, 0.2) is 0 Å². The molecular weight excluding hydrogens is 679 g/mol. The number of rotatable bonds is 8. The Morgan fingerprint density at radius 2 is 0.978 bits per heavy atom. The minimum absolute atomic E-state index is 0. The maximum Gasteiger partial charge on any atom is -0.147 e. The van der Waals surface area contributed by atoms with Crippen molar-refractivity contribution in [2.75, 3.05) is 0 Å². The first-order valence-electron chi connectivity index (χ1n) is 17.1. The number of benzene rings is 2. The van der Waals surface area contributed by atoms with Crippen LogP contribution < -0.4 is 0 Å². The summed E-state index contributed by atoms with van der Waals surface area (Å²) >= 11 is -2.35. The van der Waals surface area contributed by atoms with Crippen molar-refractivity contribution < 1.29 is 21.3 Å². The van der Waals surface area contributed by atoms with E-state index in [0.29, 0.717) is 35.5 Å². The fourth-order valence-electron chi connectivity index (χ4n) is 9.95. The Balaban J connectivity index is 0.00000186. The Labute approximate surface area is 296 Å². The smallest absolute Gasteiger partial charge is 0.147 e. The molecule has 0 heterocycles. The van der Waals surface area contributed by atoms with Crippen molar-refractivity contribution in [2.24, 2.45) is 47.3 Å². The molecule has 0 spiro atoms. The topological polar surface area (TPSA) is 0 Å². The second-order valence-electron chi connectivity index (χ2n) is 13.8. The molecule has 0 bridgehead atoms. The third-order valence-electron chi connectivity index (χ3n) is 11.7. The Bertz CT molecular complexity index is 1590. The van der Waals surface area contributed by atoms with Crippen LogP contribution in [0, 0.1) is 47.3 Å². The number of fused-ring (bicyclic) bond motifs is 8. The maximum atomic E-state index is 2.68. The van der Waals surface area contributed by atoms with Gasteiger partial charge in [-0.2, -0.15) is 0 Å². The number of hydrogen-bond donors (Lipinski definition) is 0. The molecule has 0 amide bonds. The summed E-state index contributed by atoms with van der Waals surface area (Å²) in [4.78, 5) is 0. The molecule has 6 aliphatic rings. The molecule has 0 nitrogen and oxygen atoms in total. The summed E-state index contributed by atoms with van der Waals surface area (Å²) < 4.78 is 4.66. The standard InChI is InChI=1S/C21H21.C17H18.C5H5.2ClH.Zr/c1-2-8-15-14(7-1)13-20-18-11-4-3-9-16(18)17-10-5-6-12-19(17)21(15)20;1-4-10-16(11-5-1)14-8-3-9-15-17-12-6-2-7-13-17;1-2-4-5-3-1;;;/h1-21H;1-2,4-7,10-13H,8-9,14-15H2;1-3H,4H2;2*1H;. The van der Waals surface area contributed by atoms with Gasteiger partial charge in [0, 0.05) is 0 Å². The molecule has 0 aromatic heterocycles. The predicted octanol–water partition coefficient (Wildman–Crippen LogP) is 10.9. The summed E-state index contributed by atoms with van der Waals surface area (Å²) in [5.41, 5.74) is 2.99. The average molecular weight is 725 g/mol. The number of allylic oxidation sites excluding steroid dienone is 16. The van der Waals surface area contributed by atoms with E-state index in [0.717, 1.165) is 15.5 Å². The van der Waals surface area contributed by atoms with Crippen molar-refractivity contribution >= 4 is 28.0 Å². The zero-order chi connectivity index (χ0) is 29.3. The van der Waals surface area contributed by atoms with Crippen LogP contribution in [0.4, 0.5) is 0 Å². The molecule has 46 heavy (non-hydrogen) atoms. The number of halogens is 2. The molecule has 0 N–H and O–H groups in total. The Hall–Kier alpha value is -2.31. The van der Waals surface area contributed by atoms with Crippen molar-refractivity contribution in [3.8, 4) is 0 Å². The largest absolute Gasteiger partial charge is 0.147 e. The van der Waals surface area contributed by atoms with Gasteiger partial charge in [0.25, 0.3) is 0 Å². The van der Waals surface area contributed by atoms with Gasteiger partial charge in [-0.3, -0.25) is 0 Å². The summed E-state index contributed by atoms with van der Waals surface area (Å²) in [6.45, 7) is 0. The molecule has 2 aromatic carbocycles. The van der Waals surface area contributed by atoms with Gasteiger partial charge in [0.05, 0.1) is 0 Å². The Morgan fingerprint density at radius 3 is 1.48 bits per heavy atom. The SMILES string of the molecule is C1=CC[C]([Zr](=[C](CCc2ccccc2)CCc2ccccc2)[CH]2C3C=CC=CC3C3C4C=CC=CC4C4C=CC=CC4C32)=C1.Cl.Cl. The number of aryl methyl sites for hydroxylation is 2. The zero-order valence-corrected chi connectivity index (χ0v) is 30.6. The average Bonchev–Trinajstić information content (AvgIpc) is 3.75. The molecule has 2 saturated carbocycles. The molecule has 236 valence electrons. The summed E-state index contributed by atoms with van der Waals surface area (Å²) in [6, 6.07) is 22.6. The molecule has 3 heteroatoms. The van der Waals surface area contributed by atoms with Crippen molar-refractivity contribution in [3.63, 3.8) is 0 Å². The zero-order valence-electron chi connectivity index (χ0n) is 26.5. The summed E-state index contributed by atoms with van der Waals surface area (Å²) in [5.74, 6) is 5.36. The summed E-state index contributed by atoms with van der Waals surface area (Å²) in [6.07, 6.45) is 43.5. The Kier molecular flexibility index (Phi) is 11.2. The van der Waals surface area contributed by atoms with Crippen LogP contribution in [-0.2, 0) is 34.1 Å². The molecule has 2 fully saturated rings.